The number of H-pyrrole nitrogens is 2. The quantitative estimate of drug-likeness (QED) is 0.207. The molecule has 0 saturated carbocycles. The Hall–Kier alpha value is -2.77. The Morgan fingerprint density at radius 2 is 1.21 bits per heavy atom. The molecule has 12 heteroatoms. The van der Waals surface area contributed by atoms with Crippen LogP contribution in [0.3, 0.4) is 0 Å². The smallest absolute Gasteiger partial charge is 0.146 e. The zero-order valence-electron chi connectivity index (χ0n) is 19.5. The number of aromatic amines is 2. The van der Waals surface area contributed by atoms with E-state index in [9.17, 15) is 14.4 Å². The van der Waals surface area contributed by atoms with E-state index in [-0.39, 0.29) is 23.9 Å². The molecule has 0 aliphatic carbocycles. The molecule has 2 aromatic rings. The molecule has 0 aliphatic heterocycles. The number of aliphatic hydroxyl groups excluding tert-OH is 1. The maximum absolute atomic E-state index is 10.7. The van der Waals surface area contributed by atoms with Crippen LogP contribution in [0.1, 0.15) is 45.0 Å². The van der Waals surface area contributed by atoms with Crippen LogP contribution >= 0.6 is 0 Å². The molecule has 0 aliphatic rings. The fourth-order valence-electron chi connectivity index (χ4n) is 2.25. The molecule has 186 valence electrons. The summed E-state index contributed by atoms with van der Waals surface area (Å²) in [5.41, 5.74) is 23.4. The van der Waals surface area contributed by atoms with Crippen molar-refractivity contribution in [1.29, 1.82) is 0 Å². The standard InChI is InChI=1S/2C7H11N3O.C7H16N2O2/c2*1-5(11)7(8)2-6-3-9-4-10-6;1-5(10)7(9)3-2-6(11)4-8/h2*3-4,7H,2,8H2,1H3,(H,9,10);6-7,11H,2-4,8-9H2,1H3/t2*7-;6-,7+/m100/s1. The van der Waals surface area contributed by atoms with E-state index in [2.05, 4.69) is 19.9 Å². The monoisotopic (exact) mass is 466 g/mol. The normalized spacial score (nSPS) is 13.9. The first-order valence-electron chi connectivity index (χ1n) is 10.6. The minimum atomic E-state index is -0.527. The molecule has 33 heavy (non-hydrogen) atoms. The van der Waals surface area contributed by atoms with Crippen LogP contribution in [0, 0.1) is 0 Å². The summed E-state index contributed by atoms with van der Waals surface area (Å²) in [7, 11) is 0. The van der Waals surface area contributed by atoms with Crippen molar-refractivity contribution >= 4 is 17.3 Å². The first kappa shape index (κ1) is 30.2. The number of Topliss-reactive ketones (excluding diaryl/α,β-unsaturated/α-hetero) is 3. The van der Waals surface area contributed by atoms with Crippen molar-refractivity contribution in [2.24, 2.45) is 22.9 Å². The number of hydrogen-bond acceptors (Lipinski definition) is 10. The number of carbonyl (C=O) groups is 3. The summed E-state index contributed by atoms with van der Waals surface area (Å²) in [5, 5.41) is 9.00. The number of nitrogens with one attached hydrogen (secondary N) is 2. The van der Waals surface area contributed by atoms with Gasteiger partial charge in [0.25, 0.3) is 0 Å². The Balaban J connectivity index is 0.000000465. The minimum Gasteiger partial charge on any atom is -0.392 e. The van der Waals surface area contributed by atoms with Gasteiger partial charge in [0.15, 0.2) is 0 Å². The lowest BCUT2D eigenvalue weighted by Gasteiger charge is -2.10. The molecule has 0 amide bonds. The van der Waals surface area contributed by atoms with Gasteiger partial charge in [-0.05, 0) is 33.6 Å². The van der Waals surface area contributed by atoms with Gasteiger partial charge >= 0.3 is 0 Å². The maximum atomic E-state index is 10.7. The second-order valence-electron chi connectivity index (χ2n) is 7.68. The molecule has 0 saturated heterocycles. The summed E-state index contributed by atoms with van der Waals surface area (Å²) in [4.78, 5) is 45.4. The van der Waals surface area contributed by atoms with E-state index in [0.717, 1.165) is 11.4 Å². The number of aromatic nitrogens is 4. The lowest BCUT2D eigenvalue weighted by Crippen LogP contribution is -2.30. The Bertz CT molecular complexity index is 743. The van der Waals surface area contributed by atoms with Crippen molar-refractivity contribution in [2.45, 2.75) is 70.7 Å². The van der Waals surface area contributed by atoms with E-state index >= 15 is 0 Å². The molecule has 12 nitrogen and oxygen atoms in total. The Morgan fingerprint density at radius 3 is 1.48 bits per heavy atom. The van der Waals surface area contributed by atoms with Crippen molar-refractivity contribution in [3.8, 4) is 0 Å². The summed E-state index contributed by atoms with van der Waals surface area (Å²) in [6, 6.07) is -1.26. The first-order chi connectivity index (χ1) is 15.5. The molecule has 4 atom stereocenters. The highest BCUT2D eigenvalue weighted by Gasteiger charge is 2.10. The molecule has 0 aromatic carbocycles. The molecule has 0 radical (unpaired) electrons. The van der Waals surface area contributed by atoms with Crippen LogP contribution in [0.2, 0.25) is 0 Å². The van der Waals surface area contributed by atoms with E-state index in [1.807, 2.05) is 0 Å². The summed E-state index contributed by atoms with van der Waals surface area (Å²) >= 11 is 0. The predicted octanol–water partition coefficient (Wildman–Crippen LogP) is -1.26. The van der Waals surface area contributed by atoms with Crippen LogP contribution in [-0.4, -0.2) is 73.2 Å². The van der Waals surface area contributed by atoms with E-state index in [1.165, 1.54) is 20.8 Å². The summed E-state index contributed by atoms with van der Waals surface area (Å²) in [6.45, 7) is 4.65. The van der Waals surface area contributed by atoms with Gasteiger partial charge in [-0.2, -0.15) is 0 Å². The van der Waals surface area contributed by atoms with Crippen molar-refractivity contribution in [3.63, 3.8) is 0 Å². The van der Waals surface area contributed by atoms with Gasteiger partial charge in [-0.1, -0.05) is 0 Å². The number of ketones is 3. The highest BCUT2D eigenvalue weighted by Crippen LogP contribution is 1.99. The van der Waals surface area contributed by atoms with Crippen LogP contribution in [0.5, 0.6) is 0 Å². The number of aliphatic hydroxyl groups is 1. The number of hydrogen-bond donors (Lipinski definition) is 7. The molecule has 0 fully saturated rings. The molecule has 0 bridgehead atoms. The average Bonchev–Trinajstić information content (AvgIpc) is 3.46. The van der Waals surface area contributed by atoms with Gasteiger partial charge in [0.2, 0.25) is 0 Å². The number of rotatable bonds is 11. The number of nitrogens with two attached hydrogens (primary N) is 4. The van der Waals surface area contributed by atoms with Crippen LogP contribution in [0.4, 0.5) is 0 Å². The van der Waals surface area contributed by atoms with Crippen molar-refractivity contribution < 1.29 is 19.5 Å². The van der Waals surface area contributed by atoms with Crippen LogP contribution < -0.4 is 22.9 Å². The van der Waals surface area contributed by atoms with E-state index < -0.39 is 24.2 Å². The van der Waals surface area contributed by atoms with E-state index in [4.69, 9.17) is 28.0 Å². The second kappa shape index (κ2) is 16.8. The third-order valence-corrected chi connectivity index (χ3v) is 4.64. The largest absolute Gasteiger partial charge is 0.392 e. The Labute approximate surface area is 193 Å². The average molecular weight is 467 g/mol. The van der Waals surface area contributed by atoms with Crippen molar-refractivity contribution in [1.82, 2.24) is 19.9 Å². The number of imidazole rings is 2. The summed E-state index contributed by atoms with van der Waals surface area (Å²) in [6.07, 6.45) is 8.03. The van der Waals surface area contributed by atoms with Gasteiger partial charge in [0.1, 0.15) is 17.3 Å². The topological polar surface area (TPSA) is 233 Å². The Morgan fingerprint density at radius 1 is 0.818 bits per heavy atom. The molecule has 11 N–H and O–H groups in total. The third-order valence-electron chi connectivity index (χ3n) is 4.64. The lowest BCUT2D eigenvalue weighted by molar-refractivity contribution is -0.119. The lowest BCUT2D eigenvalue weighted by atomic mass is 10.1. The number of carbonyl (C=O) groups excluding carboxylic acids is 3. The predicted molar refractivity (Wildman–Crippen MR) is 125 cm³/mol. The number of nitrogens with zero attached hydrogens (tertiary/aromatic N) is 2. The summed E-state index contributed by atoms with van der Waals surface area (Å²) in [5.74, 6) is -0.0478. The van der Waals surface area contributed by atoms with Gasteiger partial charge in [0, 0.05) is 43.2 Å². The molecule has 0 unspecified atom stereocenters. The van der Waals surface area contributed by atoms with Gasteiger partial charge in [-0.3, -0.25) is 14.4 Å². The Kier molecular flexibility index (Phi) is 15.4. The van der Waals surface area contributed by atoms with Gasteiger partial charge in [-0.15, -0.1) is 0 Å². The fourth-order valence-corrected chi connectivity index (χ4v) is 2.25. The molecule has 0 spiro atoms. The third kappa shape index (κ3) is 14.8. The van der Waals surface area contributed by atoms with Gasteiger partial charge in [0.05, 0.1) is 36.9 Å². The highest BCUT2D eigenvalue weighted by molar-refractivity contribution is 5.82. The van der Waals surface area contributed by atoms with Gasteiger partial charge < -0.3 is 38.0 Å². The van der Waals surface area contributed by atoms with Gasteiger partial charge in [-0.25, -0.2) is 9.97 Å². The molecular weight excluding hydrogens is 428 g/mol. The minimum absolute atomic E-state index is 0.000370. The SMILES string of the molecule is CC(=O)[C@@H](N)Cc1cnc[nH]1.CC(=O)[C@H](N)CC[C@H](O)CN.CC(=O)[C@H](N)Cc1cnc[nH]1. The highest BCUT2D eigenvalue weighted by atomic mass is 16.3. The molecule has 2 aromatic heterocycles. The van der Waals surface area contributed by atoms with Crippen LogP contribution in [0.25, 0.3) is 0 Å². The maximum Gasteiger partial charge on any atom is 0.146 e. The van der Waals surface area contributed by atoms with E-state index in [0.29, 0.717) is 25.7 Å². The molecule has 2 heterocycles. The van der Waals surface area contributed by atoms with Crippen LogP contribution in [0.15, 0.2) is 25.0 Å². The zero-order valence-corrected chi connectivity index (χ0v) is 19.5. The van der Waals surface area contributed by atoms with Crippen molar-refractivity contribution in [2.75, 3.05) is 6.54 Å². The van der Waals surface area contributed by atoms with E-state index in [1.54, 1.807) is 25.0 Å². The molecular formula is C21H38N8O4. The molecule has 2 rings (SSSR count). The second-order valence-corrected chi connectivity index (χ2v) is 7.68. The van der Waals surface area contributed by atoms with Crippen LogP contribution in [-0.2, 0) is 27.2 Å². The zero-order chi connectivity index (χ0) is 25.4. The summed E-state index contributed by atoms with van der Waals surface area (Å²) < 4.78 is 0. The fraction of sp³-hybridized carbons (Fsp3) is 0.571. The van der Waals surface area contributed by atoms with Crippen molar-refractivity contribution in [3.05, 3.63) is 36.4 Å². The first-order valence-corrected chi connectivity index (χ1v) is 10.6.